The van der Waals surface area contributed by atoms with Crippen LogP contribution in [0.5, 0.6) is 0 Å². The van der Waals surface area contributed by atoms with E-state index in [4.69, 9.17) is 9.51 Å². The smallest absolute Gasteiger partial charge is 0.262 e. The quantitative estimate of drug-likeness (QED) is 0.246. The molecule has 0 bridgehead atoms. The van der Waals surface area contributed by atoms with Gasteiger partial charge in [-0.2, -0.15) is 4.98 Å². The van der Waals surface area contributed by atoms with E-state index in [9.17, 15) is 4.79 Å². The summed E-state index contributed by atoms with van der Waals surface area (Å²) in [4.78, 5) is 22.8. The second-order valence-corrected chi connectivity index (χ2v) is 8.67. The SMILES string of the molecule is CC(c1ccccc1)n1c(SCc2nc(Cc3ccccc3)no2)nc2ccccc2c1=O. The first kappa shape index (κ1) is 21.2. The molecule has 1 atom stereocenters. The Labute approximate surface area is 195 Å². The van der Waals surface area contributed by atoms with Crippen LogP contribution in [0.25, 0.3) is 10.9 Å². The van der Waals surface area contributed by atoms with Gasteiger partial charge in [0.05, 0.1) is 22.7 Å². The molecule has 1 unspecified atom stereocenters. The van der Waals surface area contributed by atoms with Crippen LogP contribution in [0.2, 0.25) is 0 Å². The predicted molar refractivity (Wildman–Crippen MR) is 129 cm³/mol. The zero-order valence-electron chi connectivity index (χ0n) is 18.1. The van der Waals surface area contributed by atoms with Crippen molar-refractivity contribution in [2.24, 2.45) is 0 Å². The molecule has 6 nitrogen and oxygen atoms in total. The van der Waals surface area contributed by atoms with Crippen molar-refractivity contribution in [1.29, 1.82) is 0 Å². The van der Waals surface area contributed by atoms with Gasteiger partial charge in [-0.3, -0.25) is 9.36 Å². The van der Waals surface area contributed by atoms with Gasteiger partial charge in [-0.05, 0) is 30.2 Å². The topological polar surface area (TPSA) is 73.8 Å². The second kappa shape index (κ2) is 9.42. The van der Waals surface area contributed by atoms with Crippen molar-refractivity contribution in [3.63, 3.8) is 0 Å². The maximum absolute atomic E-state index is 13.4. The van der Waals surface area contributed by atoms with Crippen molar-refractivity contribution >= 4 is 22.7 Å². The maximum atomic E-state index is 13.4. The molecule has 0 aliphatic rings. The molecule has 33 heavy (non-hydrogen) atoms. The molecule has 5 aromatic rings. The van der Waals surface area contributed by atoms with Crippen molar-refractivity contribution in [3.8, 4) is 0 Å². The van der Waals surface area contributed by atoms with Gasteiger partial charge in [0.2, 0.25) is 5.89 Å². The molecule has 2 aromatic heterocycles. The van der Waals surface area contributed by atoms with Gasteiger partial charge in [0, 0.05) is 6.42 Å². The normalized spacial score (nSPS) is 12.2. The molecule has 2 heterocycles. The molecule has 7 heteroatoms. The zero-order chi connectivity index (χ0) is 22.6. The monoisotopic (exact) mass is 454 g/mol. The summed E-state index contributed by atoms with van der Waals surface area (Å²) < 4.78 is 7.22. The van der Waals surface area contributed by atoms with E-state index >= 15 is 0 Å². The van der Waals surface area contributed by atoms with Crippen molar-refractivity contribution in [1.82, 2.24) is 19.7 Å². The van der Waals surface area contributed by atoms with Gasteiger partial charge < -0.3 is 4.52 Å². The second-order valence-electron chi connectivity index (χ2n) is 7.73. The van der Waals surface area contributed by atoms with Gasteiger partial charge in [0.25, 0.3) is 5.56 Å². The van der Waals surface area contributed by atoms with Crippen LogP contribution in [0.4, 0.5) is 0 Å². The van der Waals surface area contributed by atoms with Crippen LogP contribution in [-0.4, -0.2) is 19.7 Å². The molecule has 164 valence electrons. The lowest BCUT2D eigenvalue weighted by Gasteiger charge is -2.19. The van der Waals surface area contributed by atoms with Crippen LogP contribution in [0.15, 0.2) is 99.4 Å². The first-order valence-electron chi connectivity index (χ1n) is 10.7. The van der Waals surface area contributed by atoms with Crippen molar-refractivity contribution in [2.45, 2.75) is 30.3 Å². The number of nitrogens with zero attached hydrogens (tertiary/aromatic N) is 4. The van der Waals surface area contributed by atoms with Crippen LogP contribution in [0.1, 0.15) is 35.8 Å². The molecular formula is C26H22N4O2S. The van der Waals surface area contributed by atoms with E-state index in [0.29, 0.717) is 39.9 Å². The minimum atomic E-state index is -0.172. The highest BCUT2D eigenvalue weighted by atomic mass is 32.2. The lowest BCUT2D eigenvalue weighted by molar-refractivity contribution is 0.385. The predicted octanol–water partition coefficient (Wildman–Crippen LogP) is 5.27. The summed E-state index contributed by atoms with van der Waals surface area (Å²) in [5.41, 5.74) is 2.78. The molecule has 0 radical (unpaired) electrons. The number of fused-ring (bicyclic) bond motifs is 1. The minimum absolute atomic E-state index is 0.0604. The van der Waals surface area contributed by atoms with E-state index in [1.54, 1.807) is 4.57 Å². The molecule has 0 aliphatic carbocycles. The number of thioether (sulfide) groups is 1. The molecule has 0 amide bonds. The molecule has 0 fully saturated rings. The lowest BCUT2D eigenvalue weighted by Crippen LogP contribution is -2.27. The summed E-state index contributed by atoms with van der Waals surface area (Å²) in [5.74, 6) is 1.57. The van der Waals surface area contributed by atoms with Gasteiger partial charge in [-0.1, -0.05) is 89.7 Å². The van der Waals surface area contributed by atoms with Crippen LogP contribution in [0, 0.1) is 0 Å². The van der Waals surface area contributed by atoms with Crippen molar-refractivity contribution in [2.75, 3.05) is 0 Å². The summed E-state index contributed by atoms with van der Waals surface area (Å²) in [7, 11) is 0. The Bertz CT molecular complexity index is 1430. The van der Waals surface area contributed by atoms with Crippen LogP contribution < -0.4 is 5.56 Å². The molecule has 5 rings (SSSR count). The third kappa shape index (κ3) is 4.59. The Hall–Kier alpha value is -3.71. The van der Waals surface area contributed by atoms with E-state index < -0.39 is 0 Å². The summed E-state index contributed by atoms with van der Waals surface area (Å²) in [6.07, 6.45) is 0.610. The van der Waals surface area contributed by atoms with Gasteiger partial charge in [0.1, 0.15) is 0 Å². The van der Waals surface area contributed by atoms with E-state index in [1.807, 2.05) is 91.9 Å². The van der Waals surface area contributed by atoms with E-state index in [-0.39, 0.29) is 11.6 Å². The summed E-state index contributed by atoms with van der Waals surface area (Å²) in [5, 5.41) is 5.34. The molecule has 3 aromatic carbocycles. The Morgan fingerprint density at radius 1 is 0.909 bits per heavy atom. The largest absolute Gasteiger partial charge is 0.338 e. The molecule has 0 spiro atoms. The van der Waals surface area contributed by atoms with E-state index in [1.165, 1.54) is 11.8 Å². The average Bonchev–Trinajstić information content (AvgIpc) is 3.31. The Morgan fingerprint density at radius 3 is 2.39 bits per heavy atom. The summed E-state index contributed by atoms with van der Waals surface area (Å²) in [6, 6.07) is 27.3. The fourth-order valence-electron chi connectivity index (χ4n) is 3.77. The fraction of sp³-hybridized carbons (Fsp3) is 0.154. The minimum Gasteiger partial charge on any atom is -0.338 e. The van der Waals surface area contributed by atoms with Crippen molar-refractivity contribution < 1.29 is 4.52 Å². The molecular weight excluding hydrogens is 432 g/mol. The highest BCUT2D eigenvalue weighted by Crippen LogP contribution is 2.27. The van der Waals surface area contributed by atoms with Crippen LogP contribution in [-0.2, 0) is 12.2 Å². The number of para-hydroxylation sites is 1. The van der Waals surface area contributed by atoms with Crippen LogP contribution >= 0.6 is 11.8 Å². The molecule has 0 saturated carbocycles. The van der Waals surface area contributed by atoms with E-state index in [2.05, 4.69) is 10.1 Å². The highest BCUT2D eigenvalue weighted by molar-refractivity contribution is 7.98. The Kier molecular flexibility index (Phi) is 6.04. The fourth-order valence-corrected chi connectivity index (χ4v) is 4.69. The number of rotatable bonds is 7. The standard InChI is InChI=1S/C26H22N4O2S/c1-18(20-12-6-3-7-13-20)30-25(31)21-14-8-9-15-22(21)27-26(30)33-17-24-28-23(29-32-24)16-19-10-4-2-5-11-19/h2-15,18H,16-17H2,1H3. The van der Waals surface area contributed by atoms with Gasteiger partial charge in [-0.15, -0.1) is 0 Å². The molecule has 0 saturated heterocycles. The molecule has 0 N–H and O–H groups in total. The summed E-state index contributed by atoms with van der Waals surface area (Å²) >= 11 is 1.43. The van der Waals surface area contributed by atoms with Gasteiger partial charge in [-0.25, -0.2) is 4.98 Å². The number of benzene rings is 3. The zero-order valence-corrected chi connectivity index (χ0v) is 18.9. The van der Waals surface area contributed by atoms with Crippen LogP contribution in [0.3, 0.4) is 0 Å². The first-order chi connectivity index (χ1) is 16.2. The lowest BCUT2D eigenvalue weighted by atomic mass is 10.1. The third-order valence-electron chi connectivity index (χ3n) is 5.48. The van der Waals surface area contributed by atoms with Gasteiger partial charge >= 0.3 is 0 Å². The number of hydrogen-bond acceptors (Lipinski definition) is 6. The Morgan fingerprint density at radius 2 is 1.61 bits per heavy atom. The number of hydrogen-bond donors (Lipinski definition) is 0. The maximum Gasteiger partial charge on any atom is 0.262 e. The first-order valence-corrected chi connectivity index (χ1v) is 11.7. The highest BCUT2D eigenvalue weighted by Gasteiger charge is 2.19. The Balaban J connectivity index is 1.45. The number of aromatic nitrogens is 4. The average molecular weight is 455 g/mol. The molecule has 0 aliphatic heterocycles. The third-order valence-corrected chi connectivity index (χ3v) is 6.42. The van der Waals surface area contributed by atoms with Gasteiger partial charge in [0.15, 0.2) is 11.0 Å². The van der Waals surface area contributed by atoms with Crippen molar-refractivity contribution in [3.05, 3.63) is 118 Å². The van der Waals surface area contributed by atoms with E-state index in [0.717, 1.165) is 11.1 Å². The summed E-state index contributed by atoms with van der Waals surface area (Å²) in [6.45, 7) is 2.02.